The summed E-state index contributed by atoms with van der Waals surface area (Å²) in [5, 5.41) is 21.4. The summed E-state index contributed by atoms with van der Waals surface area (Å²) in [5.41, 5.74) is 4.41. The quantitative estimate of drug-likeness (QED) is 0.739. The van der Waals surface area contributed by atoms with Crippen LogP contribution >= 0.6 is 11.3 Å². The molecule has 1 fully saturated rings. The highest BCUT2D eigenvalue weighted by molar-refractivity contribution is 7.13. The van der Waals surface area contributed by atoms with Gasteiger partial charge in [-0.15, -0.1) is 11.3 Å². The highest BCUT2D eigenvalue weighted by Gasteiger charge is 2.24. The monoisotopic (exact) mass is 345 g/mol. The van der Waals surface area contributed by atoms with Crippen molar-refractivity contribution in [1.82, 2.24) is 4.90 Å². The Balaban J connectivity index is 2.11. The molecule has 0 saturated carbocycles. The van der Waals surface area contributed by atoms with E-state index in [1.165, 1.54) is 12.8 Å². The van der Waals surface area contributed by atoms with E-state index in [2.05, 4.69) is 24.1 Å². The molecule has 0 amide bonds. The van der Waals surface area contributed by atoms with Gasteiger partial charge in [0, 0.05) is 29.2 Å². The molecular weight excluding hydrogens is 320 g/mol. The molecule has 4 nitrogen and oxygen atoms in total. The smallest absolute Gasteiger partial charge is 0.213 e. The standard InChI is InChI=1S/C19H24N2O2S/c1-13-12-14(2)18(17-7-5-11-24-17)19(21(22)23)16(13)8-10-20-9-4-6-15(20)3/h5,7-8,10-12,15,22-23H,4,6,9H2,1-3H3/p+1/b10-8+/t15-/m1/s1. The number of hydrogen-bond donors (Lipinski definition) is 3. The van der Waals surface area contributed by atoms with Crippen molar-refractivity contribution in [2.45, 2.75) is 39.7 Å². The molecular formula is C19H25N2O2S+. The van der Waals surface area contributed by atoms with Gasteiger partial charge in [-0.3, -0.25) is 0 Å². The van der Waals surface area contributed by atoms with E-state index in [-0.39, 0.29) is 0 Å². The number of benzene rings is 1. The lowest BCUT2D eigenvalue weighted by atomic mass is 9.95. The van der Waals surface area contributed by atoms with Gasteiger partial charge in [0.05, 0.1) is 5.56 Å². The van der Waals surface area contributed by atoms with Gasteiger partial charge in [0.1, 0.15) is 0 Å². The molecule has 2 heterocycles. The number of nitrogens with zero attached hydrogens (tertiary/aromatic N) is 1. The largest absolute Gasteiger partial charge is 0.375 e. The second-order valence-corrected chi connectivity index (χ2v) is 7.47. The Morgan fingerprint density at radius 2 is 2.08 bits per heavy atom. The average molecular weight is 345 g/mol. The zero-order valence-electron chi connectivity index (χ0n) is 14.4. The van der Waals surface area contributed by atoms with Crippen molar-refractivity contribution in [2.75, 3.05) is 6.54 Å². The summed E-state index contributed by atoms with van der Waals surface area (Å²) < 4.78 is 0. The van der Waals surface area contributed by atoms with Gasteiger partial charge in [0.2, 0.25) is 5.69 Å². The van der Waals surface area contributed by atoms with Crippen molar-refractivity contribution in [3.05, 3.63) is 46.5 Å². The topological polar surface area (TPSA) is 48.1 Å². The third-order valence-corrected chi connectivity index (χ3v) is 5.69. The van der Waals surface area contributed by atoms with Crippen LogP contribution in [0.1, 0.15) is 36.5 Å². The molecule has 1 aliphatic rings. The highest BCUT2D eigenvalue weighted by Crippen LogP contribution is 2.37. The Morgan fingerprint density at radius 3 is 2.67 bits per heavy atom. The Morgan fingerprint density at radius 1 is 1.29 bits per heavy atom. The number of nitrogens with one attached hydrogen (secondary N) is 1. The van der Waals surface area contributed by atoms with Crippen molar-refractivity contribution >= 4 is 23.1 Å². The Kier molecular flexibility index (Phi) is 5.06. The number of hydrogen-bond acceptors (Lipinski definition) is 4. The van der Waals surface area contributed by atoms with Gasteiger partial charge in [-0.25, -0.2) is 0 Å². The Labute approximate surface area is 147 Å². The minimum atomic E-state index is -0.612. The predicted molar refractivity (Wildman–Crippen MR) is 97.9 cm³/mol. The molecule has 0 spiro atoms. The third-order valence-electron chi connectivity index (χ3n) is 4.80. The average Bonchev–Trinajstić information content (AvgIpc) is 3.17. The van der Waals surface area contributed by atoms with Crippen LogP contribution in [0.25, 0.3) is 16.5 Å². The van der Waals surface area contributed by atoms with Gasteiger partial charge >= 0.3 is 0 Å². The van der Waals surface area contributed by atoms with E-state index in [9.17, 15) is 10.4 Å². The maximum atomic E-state index is 10.0. The van der Waals surface area contributed by atoms with Gasteiger partial charge in [0.15, 0.2) is 0 Å². The molecule has 1 atom stereocenters. The molecule has 0 radical (unpaired) electrons. The van der Waals surface area contributed by atoms with Crippen LogP contribution in [0.3, 0.4) is 0 Å². The summed E-state index contributed by atoms with van der Waals surface area (Å²) in [7, 11) is 0. The van der Waals surface area contributed by atoms with Gasteiger partial charge in [-0.05, 0) is 67.5 Å². The van der Waals surface area contributed by atoms with Crippen LogP contribution in [0.2, 0.25) is 0 Å². The molecule has 24 heavy (non-hydrogen) atoms. The zero-order valence-corrected chi connectivity index (χ0v) is 15.2. The van der Waals surface area contributed by atoms with Crippen molar-refractivity contribution in [2.24, 2.45) is 0 Å². The maximum absolute atomic E-state index is 10.0. The van der Waals surface area contributed by atoms with E-state index >= 15 is 0 Å². The van der Waals surface area contributed by atoms with Gasteiger partial charge in [0.25, 0.3) is 0 Å². The maximum Gasteiger partial charge on any atom is 0.213 e. The molecule has 0 unspecified atom stereocenters. The normalized spacial score (nSPS) is 18.2. The number of rotatable bonds is 4. The molecule has 3 rings (SSSR count). The van der Waals surface area contributed by atoms with E-state index in [0.717, 1.165) is 33.7 Å². The minimum absolute atomic E-state index is 0.526. The number of aryl methyl sites for hydroxylation is 2. The molecule has 5 heteroatoms. The fraction of sp³-hybridized carbons (Fsp3) is 0.368. The van der Waals surface area contributed by atoms with Crippen LogP contribution in [0.5, 0.6) is 0 Å². The molecule has 1 aliphatic heterocycles. The molecule has 2 aromatic rings. The van der Waals surface area contributed by atoms with Crippen molar-refractivity contribution in [1.29, 1.82) is 0 Å². The summed E-state index contributed by atoms with van der Waals surface area (Å²) in [6, 6.07) is 6.66. The SMILES string of the molecule is Cc1cc(C)c(-c2cccs2)c([NH+](O)O)c1/C=C/N1CCC[C@H]1C. The summed E-state index contributed by atoms with van der Waals surface area (Å²) >= 11 is 1.61. The van der Waals surface area contributed by atoms with Gasteiger partial charge < -0.3 is 4.90 Å². The lowest BCUT2D eigenvalue weighted by molar-refractivity contribution is -1.19. The fourth-order valence-electron chi connectivity index (χ4n) is 3.54. The van der Waals surface area contributed by atoms with Crippen LogP contribution in [0.15, 0.2) is 29.8 Å². The van der Waals surface area contributed by atoms with Crippen LogP contribution in [-0.2, 0) is 0 Å². The predicted octanol–water partition coefficient (Wildman–Crippen LogP) is 3.78. The molecule has 3 N–H and O–H groups in total. The fourth-order valence-corrected chi connectivity index (χ4v) is 4.38. The number of quaternary nitrogens is 1. The molecule has 0 bridgehead atoms. The number of thiophene rings is 1. The first-order valence-electron chi connectivity index (χ1n) is 8.36. The van der Waals surface area contributed by atoms with Crippen molar-refractivity contribution in [3.63, 3.8) is 0 Å². The summed E-state index contributed by atoms with van der Waals surface area (Å²) in [6.07, 6.45) is 6.54. The summed E-state index contributed by atoms with van der Waals surface area (Å²) in [5.74, 6) is 0. The molecule has 0 aliphatic carbocycles. The van der Waals surface area contributed by atoms with Gasteiger partial charge in [-0.1, -0.05) is 12.1 Å². The third kappa shape index (κ3) is 3.26. The number of likely N-dealkylation sites (tertiary alicyclic amines) is 1. The molecule has 1 aromatic carbocycles. The first-order valence-corrected chi connectivity index (χ1v) is 9.24. The zero-order chi connectivity index (χ0) is 17.3. The molecule has 128 valence electrons. The van der Waals surface area contributed by atoms with Crippen molar-refractivity contribution < 1.29 is 15.6 Å². The minimum Gasteiger partial charge on any atom is -0.375 e. The Hall–Kier alpha value is -1.66. The lowest BCUT2D eigenvalue weighted by Crippen LogP contribution is -3.02. The van der Waals surface area contributed by atoms with Crippen LogP contribution < -0.4 is 5.23 Å². The second-order valence-electron chi connectivity index (χ2n) is 6.52. The summed E-state index contributed by atoms with van der Waals surface area (Å²) in [4.78, 5) is 3.37. The second kappa shape index (κ2) is 7.07. The summed E-state index contributed by atoms with van der Waals surface area (Å²) in [6.45, 7) is 7.33. The van der Waals surface area contributed by atoms with Crippen LogP contribution in [-0.4, -0.2) is 27.9 Å². The first-order chi connectivity index (χ1) is 11.5. The lowest BCUT2D eigenvalue weighted by Gasteiger charge is -2.19. The van der Waals surface area contributed by atoms with E-state index in [4.69, 9.17) is 0 Å². The van der Waals surface area contributed by atoms with Crippen LogP contribution in [0.4, 0.5) is 5.69 Å². The Bertz CT molecular complexity index is 738. The highest BCUT2D eigenvalue weighted by atomic mass is 32.1. The molecule has 1 saturated heterocycles. The van der Waals surface area contributed by atoms with Crippen LogP contribution in [0, 0.1) is 13.8 Å². The van der Waals surface area contributed by atoms with E-state index in [1.807, 2.05) is 37.4 Å². The first kappa shape index (κ1) is 17.2. The van der Waals surface area contributed by atoms with E-state index in [0.29, 0.717) is 11.7 Å². The van der Waals surface area contributed by atoms with Crippen molar-refractivity contribution in [3.8, 4) is 10.4 Å². The van der Waals surface area contributed by atoms with Gasteiger partial charge in [-0.2, -0.15) is 10.4 Å². The molecule has 1 aromatic heterocycles. The van der Waals surface area contributed by atoms with E-state index in [1.54, 1.807) is 11.3 Å². The van der Waals surface area contributed by atoms with E-state index < -0.39 is 5.23 Å².